The Morgan fingerprint density at radius 1 is 0.788 bits per heavy atom. The summed E-state index contributed by atoms with van der Waals surface area (Å²) in [5, 5.41) is 14.4. The second-order valence-electron chi connectivity index (χ2n) is 7.42. The topological polar surface area (TPSA) is 82.1 Å². The van der Waals surface area contributed by atoms with Gasteiger partial charge in [-0.05, 0) is 47.5 Å². The lowest BCUT2D eigenvalue weighted by atomic mass is 9.92. The summed E-state index contributed by atoms with van der Waals surface area (Å²) < 4.78 is 29.0. The molecular formula is C26H25O6P. The molecule has 0 unspecified atom stereocenters. The molecule has 0 aliphatic rings. The molecule has 0 aliphatic carbocycles. The van der Waals surface area contributed by atoms with E-state index < -0.39 is 19.7 Å². The van der Waals surface area contributed by atoms with Crippen LogP contribution in [0.3, 0.4) is 0 Å². The van der Waals surface area contributed by atoms with Crippen LogP contribution in [0.2, 0.25) is 0 Å². The van der Waals surface area contributed by atoms with Crippen LogP contribution in [0.1, 0.15) is 13.8 Å². The molecule has 0 spiro atoms. The van der Waals surface area contributed by atoms with Crippen LogP contribution in [0.25, 0.3) is 32.7 Å². The van der Waals surface area contributed by atoms with Gasteiger partial charge in [0.05, 0.1) is 13.2 Å². The number of hydrogen-bond donors (Lipinski definition) is 1. The van der Waals surface area contributed by atoms with E-state index in [0.717, 1.165) is 21.5 Å². The van der Waals surface area contributed by atoms with Crippen molar-refractivity contribution in [3.63, 3.8) is 0 Å². The van der Waals surface area contributed by atoms with Gasteiger partial charge in [0, 0.05) is 11.1 Å². The van der Waals surface area contributed by atoms with Crippen LogP contribution in [0.4, 0.5) is 0 Å². The van der Waals surface area contributed by atoms with Gasteiger partial charge in [-0.1, -0.05) is 60.7 Å². The first-order valence-corrected chi connectivity index (χ1v) is 12.5. The van der Waals surface area contributed by atoms with Crippen molar-refractivity contribution in [1.29, 1.82) is 0 Å². The molecule has 1 N–H and O–H groups in total. The third kappa shape index (κ3) is 4.79. The van der Waals surface area contributed by atoms with Crippen molar-refractivity contribution in [2.75, 3.05) is 19.4 Å². The zero-order chi connectivity index (χ0) is 23.4. The fraction of sp³-hybridized carbons (Fsp3) is 0.192. The monoisotopic (exact) mass is 464 g/mol. The summed E-state index contributed by atoms with van der Waals surface area (Å²) in [4.78, 5) is 12.8. The molecule has 0 saturated heterocycles. The molecule has 0 bridgehead atoms. The maximum Gasteiger partial charge on any atom is 0.341 e. The summed E-state index contributed by atoms with van der Waals surface area (Å²) in [6, 6.07) is 22.3. The van der Waals surface area contributed by atoms with E-state index in [1.165, 1.54) is 0 Å². The lowest BCUT2D eigenvalue weighted by Gasteiger charge is -2.18. The third-order valence-corrected chi connectivity index (χ3v) is 7.19. The molecule has 170 valence electrons. The Hall–Kier alpha value is -3.18. The molecule has 33 heavy (non-hydrogen) atoms. The lowest BCUT2D eigenvalue weighted by molar-refractivity contribution is -0.131. The smallest absolute Gasteiger partial charge is 0.341 e. The Labute approximate surface area is 192 Å². The lowest BCUT2D eigenvalue weighted by Crippen LogP contribution is -2.16. The normalized spacial score (nSPS) is 11.7. The highest BCUT2D eigenvalue weighted by Crippen LogP contribution is 2.49. The Morgan fingerprint density at radius 3 is 1.94 bits per heavy atom. The fourth-order valence-corrected chi connectivity index (χ4v) is 5.38. The molecular weight excluding hydrogens is 439 g/mol. The number of carbonyl (C=O) groups excluding carboxylic acids is 1. The number of rotatable bonds is 8. The number of benzene rings is 4. The van der Waals surface area contributed by atoms with E-state index in [2.05, 4.69) is 0 Å². The highest BCUT2D eigenvalue weighted by Gasteiger charge is 2.30. The minimum Gasteiger partial charge on any atom is -0.507 e. The van der Waals surface area contributed by atoms with Crippen LogP contribution in [0.15, 0.2) is 72.8 Å². The number of ether oxygens (including phenoxy) is 1. The standard InChI is InChI=1S/C26H25O6P/c1-3-30-33(29,31-4-2)17-24(28)32-23-16-14-19-10-6-8-12-21(19)26(23)25-20-11-7-5-9-18(20)13-15-22(25)27/h5-16,27H,3-4,17H2,1-2H3. The van der Waals surface area contributed by atoms with Gasteiger partial charge in [-0.25, -0.2) is 0 Å². The number of aromatic hydroxyl groups is 1. The molecule has 0 aliphatic heterocycles. The van der Waals surface area contributed by atoms with Gasteiger partial charge in [-0.2, -0.15) is 0 Å². The minimum atomic E-state index is -3.62. The van der Waals surface area contributed by atoms with Gasteiger partial charge in [0.2, 0.25) is 0 Å². The summed E-state index contributed by atoms with van der Waals surface area (Å²) in [7, 11) is -3.62. The second kappa shape index (κ2) is 9.75. The fourth-order valence-electron chi connectivity index (χ4n) is 3.95. The predicted molar refractivity (Wildman–Crippen MR) is 130 cm³/mol. The molecule has 4 aromatic rings. The van der Waals surface area contributed by atoms with Crippen molar-refractivity contribution < 1.29 is 28.3 Å². The van der Waals surface area contributed by atoms with Crippen molar-refractivity contribution in [2.24, 2.45) is 0 Å². The molecule has 6 nitrogen and oxygen atoms in total. The van der Waals surface area contributed by atoms with Crippen LogP contribution in [0.5, 0.6) is 11.5 Å². The van der Waals surface area contributed by atoms with Crippen LogP contribution in [-0.4, -0.2) is 30.5 Å². The van der Waals surface area contributed by atoms with E-state index in [0.29, 0.717) is 11.1 Å². The van der Waals surface area contributed by atoms with Crippen molar-refractivity contribution >= 4 is 35.1 Å². The van der Waals surface area contributed by atoms with Crippen LogP contribution < -0.4 is 4.74 Å². The highest BCUT2D eigenvalue weighted by molar-refractivity contribution is 7.54. The number of carbonyl (C=O) groups is 1. The molecule has 0 aromatic heterocycles. The molecule has 0 amide bonds. The molecule has 7 heteroatoms. The minimum absolute atomic E-state index is 0.0663. The maximum absolute atomic E-state index is 12.8. The third-order valence-electron chi connectivity index (χ3n) is 5.25. The molecule has 0 fully saturated rings. The Morgan fingerprint density at radius 2 is 1.33 bits per heavy atom. The molecule has 0 radical (unpaired) electrons. The summed E-state index contributed by atoms with van der Waals surface area (Å²) in [6.45, 7) is 3.66. The predicted octanol–water partition coefficient (Wildman–Crippen LogP) is 6.54. The second-order valence-corrected chi connectivity index (χ2v) is 9.47. The van der Waals surface area contributed by atoms with Crippen LogP contribution in [0, 0.1) is 0 Å². The van der Waals surface area contributed by atoms with E-state index in [9.17, 15) is 14.5 Å². The molecule has 0 heterocycles. The first kappa shape index (κ1) is 23.0. The van der Waals surface area contributed by atoms with E-state index in [-0.39, 0.29) is 24.7 Å². The van der Waals surface area contributed by atoms with Crippen molar-refractivity contribution in [2.45, 2.75) is 13.8 Å². The number of fused-ring (bicyclic) bond motifs is 2. The maximum atomic E-state index is 12.8. The molecule has 4 aromatic carbocycles. The largest absolute Gasteiger partial charge is 0.507 e. The van der Waals surface area contributed by atoms with Gasteiger partial charge in [0.1, 0.15) is 17.7 Å². The van der Waals surface area contributed by atoms with Gasteiger partial charge in [0.15, 0.2) is 0 Å². The number of phenolic OH excluding ortho intramolecular Hbond substituents is 1. The molecule has 0 atom stereocenters. The molecule has 0 saturated carbocycles. The van der Waals surface area contributed by atoms with E-state index in [1.54, 1.807) is 26.0 Å². The van der Waals surface area contributed by atoms with Crippen molar-refractivity contribution in [3.8, 4) is 22.6 Å². The Bertz CT molecular complexity index is 1350. The average Bonchev–Trinajstić information content (AvgIpc) is 2.79. The Kier molecular flexibility index (Phi) is 6.80. The average molecular weight is 464 g/mol. The molecule has 4 rings (SSSR count). The summed E-state index contributed by atoms with van der Waals surface area (Å²) in [5.74, 6) is -0.418. The van der Waals surface area contributed by atoms with Gasteiger partial charge in [-0.15, -0.1) is 0 Å². The van der Waals surface area contributed by atoms with Gasteiger partial charge in [-0.3, -0.25) is 9.36 Å². The summed E-state index contributed by atoms with van der Waals surface area (Å²) in [5.41, 5.74) is 1.14. The first-order chi connectivity index (χ1) is 16.0. The van der Waals surface area contributed by atoms with Gasteiger partial charge in [0.25, 0.3) is 0 Å². The van der Waals surface area contributed by atoms with Gasteiger partial charge >= 0.3 is 13.6 Å². The zero-order valence-corrected chi connectivity index (χ0v) is 19.4. The van der Waals surface area contributed by atoms with E-state index in [4.69, 9.17) is 13.8 Å². The van der Waals surface area contributed by atoms with E-state index >= 15 is 0 Å². The van der Waals surface area contributed by atoms with Crippen molar-refractivity contribution in [3.05, 3.63) is 72.8 Å². The SMILES string of the molecule is CCOP(=O)(CC(=O)Oc1ccc2ccccc2c1-c1c(O)ccc2ccccc12)OCC. The Balaban J connectivity index is 1.85. The number of esters is 1. The van der Waals surface area contributed by atoms with Gasteiger partial charge < -0.3 is 18.9 Å². The van der Waals surface area contributed by atoms with E-state index in [1.807, 2.05) is 60.7 Å². The quantitative estimate of drug-likeness (QED) is 0.181. The number of phenols is 1. The summed E-state index contributed by atoms with van der Waals surface area (Å²) >= 11 is 0. The zero-order valence-electron chi connectivity index (χ0n) is 18.5. The summed E-state index contributed by atoms with van der Waals surface area (Å²) in [6.07, 6.45) is -0.511. The number of hydrogen-bond acceptors (Lipinski definition) is 6. The first-order valence-electron chi connectivity index (χ1n) is 10.8. The highest BCUT2D eigenvalue weighted by atomic mass is 31.2. The van der Waals surface area contributed by atoms with Crippen LogP contribution in [-0.2, 0) is 18.4 Å². The van der Waals surface area contributed by atoms with Crippen molar-refractivity contribution in [1.82, 2.24) is 0 Å². The van der Waals surface area contributed by atoms with Crippen LogP contribution >= 0.6 is 7.60 Å².